The van der Waals surface area contributed by atoms with E-state index >= 15 is 105 Å². The Balaban J connectivity index is 1.18. The third kappa shape index (κ3) is 10.4. The highest BCUT2D eigenvalue weighted by atomic mass is 19.2. The maximum atomic E-state index is 16.4. The maximum Gasteiger partial charge on any atom is 0.173 e. The molecule has 0 amide bonds. The van der Waals surface area contributed by atoms with Crippen molar-refractivity contribution in [3.05, 3.63) is 175 Å². The first-order chi connectivity index (χ1) is 48.0. The lowest BCUT2D eigenvalue weighted by molar-refractivity contribution is 0.480. The summed E-state index contributed by atoms with van der Waals surface area (Å²) in [6.07, 6.45) is 0. The number of nitrogens with zero attached hydrogens (tertiary/aromatic N) is 18. The molecule has 22 aromatic rings. The van der Waals surface area contributed by atoms with Crippen LogP contribution in [0.25, 0.3) is 132 Å². The van der Waals surface area contributed by atoms with Gasteiger partial charge in [0.2, 0.25) is 0 Å². The largest absolute Gasteiger partial charge is 0.213 e. The summed E-state index contributed by atoms with van der Waals surface area (Å²) >= 11 is 0. The molecule has 18 nitrogen and oxygen atoms in total. The third-order valence-corrected chi connectivity index (χ3v) is 14.7. The molecule has 22 rings (SSSR count). The number of halogens is 24. The lowest BCUT2D eigenvalue weighted by atomic mass is 10.1. The molecule has 516 valence electrons. The van der Waals surface area contributed by atoms with E-state index in [-0.39, 0.29) is 0 Å². The number of benzene rings is 6. The zero-order valence-corrected chi connectivity index (χ0v) is 50.1. The molecular formula is C60H18F24N18. The molecule has 6 aromatic carbocycles. The molecule has 0 saturated heterocycles. The molecule has 0 atom stereocenters. The average Bonchev–Trinajstić information content (AvgIpc) is 0.751. The van der Waals surface area contributed by atoms with Crippen molar-refractivity contribution in [1.29, 1.82) is 0 Å². The van der Waals surface area contributed by atoms with Gasteiger partial charge < -0.3 is 0 Å². The van der Waals surface area contributed by atoms with Gasteiger partial charge in [0.25, 0.3) is 0 Å². The Hall–Kier alpha value is -12.3. The van der Waals surface area contributed by atoms with E-state index in [0.717, 1.165) is 41.5 Å². The molecule has 0 unspecified atom stereocenters. The zero-order valence-electron chi connectivity index (χ0n) is 50.1. The van der Waals surface area contributed by atoms with Crippen LogP contribution in [0.2, 0.25) is 0 Å². The molecular weight excluding hydrogens is 1430 g/mol. The van der Waals surface area contributed by atoms with Crippen molar-refractivity contribution < 1.29 is 105 Å². The van der Waals surface area contributed by atoms with Crippen molar-refractivity contribution in [2.45, 2.75) is 41.5 Å². The molecule has 24 bridgehead atoms. The number of hydrogen-bond acceptors (Lipinski definition) is 18. The van der Waals surface area contributed by atoms with E-state index in [1.165, 1.54) is 0 Å². The molecule has 102 heavy (non-hydrogen) atoms. The van der Waals surface area contributed by atoms with Gasteiger partial charge >= 0.3 is 0 Å². The second-order valence-corrected chi connectivity index (χ2v) is 21.2. The van der Waals surface area contributed by atoms with Crippen molar-refractivity contribution in [3.8, 4) is 0 Å². The Morgan fingerprint density at radius 3 is 0.225 bits per heavy atom. The topological polar surface area (TPSA) is 232 Å². The van der Waals surface area contributed by atoms with Gasteiger partial charge in [-0.05, 0) is 41.5 Å². The smallest absolute Gasteiger partial charge is 0.173 e. The van der Waals surface area contributed by atoms with E-state index in [1.807, 2.05) is 0 Å². The minimum absolute atomic E-state index is 0.747. The Morgan fingerprint density at radius 1 is 0.108 bits per heavy atom. The Labute approximate surface area is 542 Å². The number of aryl methyl sites for hydroxylation is 6. The lowest BCUT2D eigenvalue weighted by Gasteiger charge is -2.08. The summed E-state index contributed by atoms with van der Waals surface area (Å²) in [5.41, 5.74) is -19.8. The highest BCUT2D eigenvalue weighted by Gasteiger charge is 2.33. The van der Waals surface area contributed by atoms with Crippen LogP contribution < -0.4 is 0 Å². The van der Waals surface area contributed by atoms with E-state index in [0.29, 0.717) is 0 Å². The van der Waals surface area contributed by atoms with Crippen molar-refractivity contribution in [2.24, 2.45) is 0 Å². The molecule has 0 saturated carbocycles. The summed E-state index contributed by atoms with van der Waals surface area (Å²) in [6, 6.07) is 0. The van der Waals surface area contributed by atoms with E-state index in [2.05, 4.69) is 89.7 Å². The van der Waals surface area contributed by atoms with Gasteiger partial charge in [-0.25, -0.2) is 195 Å². The summed E-state index contributed by atoms with van der Waals surface area (Å²) in [4.78, 5) is 61.8. The minimum Gasteiger partial charge on any atom is -0.213 e. The molecule has 16 heterocycles. The molecule has 16 aromatic heterocycles. The molecule has 0 aliphatic heterocycles. The minimum atomic E-state index is -2.59. The first-order valence-electron chi connectivity index (χ1n) is 27.6. The van der Waals surface area contributed by atoms with Gasteiger partial charge in [0.15, 0.2) is 207 Å². The van der Waals surface area contributed by atoms with Gasteiger partial charge in [-0.15, -0.1) is 0 Å². The van der Waals surface area contributed by atoms with Crippen LogP contribution >= 0.6 is 0 Å². The summed E-state index contributed by atoms with van der Waals surface area (Å²) in [7, 11) is 0. The van der Waals surface area contributed by atoms with E-state index in [1.54, 1.807) is 0 Å². The van der Waals surface area contributed by atoms with Crippen LogP contribution in [0.15, 0.2) is 0 Å². The summed E-state index contributed by atoms with van der Waals surface area (Å²) in [5.74, 6) is -67.7. The van der Waals surface area contributed by atoms with E-state index in [4.69, 9.17) is 0 Å². The first kappa shape index (κ1) is 68.2. The molecule has 42 heteroatoms. The highest BCUT2D eigenvalue weighted by molar-refractivity contribution is 5.94. The zero-order chi connectivity index (χ0) is 73.9. The molecule has 0 N–H and O–H groups in total. The standard InChI is InChI=1S/C60H18F24N18/c1-7-85-49-13-25(61)29(65)15(30(66)26(13)62)51-87-8(2)89-53(98-51)17-33(69)37(73)19(38(74)34(17)70)55-91-10(4)93-57(100-55)21-41(77)45(81)23(46(82)42(21)78)59-95-12(6)96-60(102-59)24-47(83)43(79)22(44(80)48(24)84)58-94-11(5)92-56(101-58)20-39(75)35(71)18(36(72)40(20)76)54-90-9(3)88-52(99-54)16-31(67)27(63)14(28(64)32(16)68)50(86-7)97-49/h1-6H3. The average molecular weight is 1450 g/mol. The third-order valence-electron chi connectivity index (χ3n) is 14.7. The van der Waals surface area contributed by atoms with Crippen molar-refractivity contribution in [2.75, 3.05) is 0 Å². The predicted molar refractivity (Wildman–Crippen MR) is 304 cm³/mol. The van der Waals surface area contributed by atoms with Gasteiger partial charge in [0.1, 0.15) is 34.9 Å². The Morgan fingerprint density at radius 2 is 0.167 bits per heavy atom. The van der Waals surface area contributed by atoms with Crippen LogP contribution in [0.1, 0.15) is 34.9 Å². The van der Waals surface area contributed by atoms with Crippen molar-refractivity contribution in [1.82, 2.24) is 89.7 Å². The summed E-state index contributed by atoms with van der Waals surface area (Å²) in [5, 5.41) is -24.3. The van der Waals surface area contributed by atoms with Gasteiger partial charge in [-0.1, -0.05) is 0 Å². The summed E-state index contributed by atoms with van der Waals surface area (Å²) in [6.45, 7) is 4.48. The van der Waals surface area contributed by atoms with E-state index < -0.39 is 307 Å². The molecule has 0 aliphatic carbocycles. The molecule has 0 spiro atoms. The summed E-state index contributed by atoms with van der Waals surface area (Å²) < 4.78 is 394. The number of rotatable bonds is 0. The second-order valence-electron chi connectivity index (χ2n) is 21.2. The number of hydrogen-bond donors (Lipinski definition) is 0. The van der Waals surface area contributed by atoms with Gasteiger partial charge in [-0.2, -0.15) is 0 Å². The van der Waals surface area contributed by atoms with Crippen LogP contribution in [0.4, 0.5) is 105 Å². The van der Waals surface area contributed by atoms with Gasteiger partial charge in [-0.3, -0.25) is 0 Å². The van der Waals surface area contributed by atoms with Crippen LogP contribution in [0.5, 0.6) is 0 Å². The SMILES string of the molecule is Cc1nc2nc(n1)c1c(F)c(F)c(c(F)c1F)c1nc(C)nc(n1)c1c(F)c(F)c(c(F)c1F)c1nc(C)nc(n1)c1c(F)c(F)c(c(F)c1F)c1nc(C)nc(n1)c1c(F)c(F)c(c(F)c1F)c1nc(C)nc(n1)c1c(F)c(F)c(c(F)c1F)c1nc(C)nc(n1)c1c(F)c(F)c2c(F)c1F. The normalized spacial score (nSPS) is 11.8. The fourth-order valence-corrected chi connectivity index (χ4v) is 10.4. The van der Waals surface area contributed by atoms with E-state index in [9.17, 15) is 0 Å². The van der Waals surface area contributed by atoms with Crippen LogP contribution in [0, 0.1) is 181 Å². The Bertz CT molecular complexity index is 5000. The maximum absolute atomic E-state index is 16.4. The lowest BCUT2D eigenvalue weighted by Crippen LogP contribution is -2.05. The quantitative estimate of drug-likeness (QED) is 0.101. The van der Waals surface area contributed by atoms with Crippen LogP contribution in [-0.2, 0) is 0 Å². The van der Waals surface area contributed by atoms with Gasteiger partial charge in [0, 0.05) is 0 Å². The highest BCUT2D eigenvalue weighted by Crippen LogP contribution is 2.38. The van der Waals surface area contributed by atoms with Crippen LogP contribution in [-0.4, -0.2) is 89.7 Å². The number of aromatic nitrogens is 18. The predicted octanol–water partition coefficient (Wildman–Crippen LogP) is 14.9. The molecule has 0 radical (unpaired) electrons. The van der Waals surface area contributed by atoms with Crippen molar-refractivity contribution >= 4 is 132 Å². The Kier molecular flexibility index (Phi) is 16.2. The van der Waals surface area contributed by atoms with Crippen LogP contribution in [0.3, 0.4) is 0 Å². The first-order valence-corrected chi connectivity index (χ1v) is 27.6. The monoisotopic (exact) mass is 1450 g/mol. The molecule has 0 aliphatic rings. The van der Waals surface area contributed by atoms with Gasteiger partial charge in [0.05, 0.1) is 64.6 Å². The fourth-order valence-electron chi connectivity index (χ4n) is 10.4. The molecule has 0 fully saturated rings. The van der Waals surface area contributed by atoms with Crippen molar-refractivity contribution in [3.63, 3.8) is 0 Å². The fraction of sp³-hybridized carbons (Fsp3) is 0.100. The second kappa shape index (κ2) is 24.3.